The average molecular weight is 689 g/mol. The highest BCUT2D eigenvalue weighted by Crippen LogP contribution is 2.15. The summed E-state index contributed by atoms with van der Waals surface area (Å²) in [4.78, 5) is 24.2. The molecule has 284 valence electrons. The lowest BCUT2D eigenvalue weighted by molar-refractivity contribution is -0.161. The van der Waals surface area contributed by atoms with Gasteiger partial charge in [0.2, 0.25) is 0 Å². The molecule has 0 bridgehead atoms. The number of carbonyl (C=O) groups excluding carboxylic acids is 2. The fourth-order valence-electron chi connectivity index (χ4n) is 5.58. The summed E-state index contributed by atoms with van der Waals surface area (Å²) in [6.07, 6.45) is 47.6. The Hall–Kier alpha value is -2.18. The Morgan fingerprint density at radius 2 is 0.898 bits per heavy atom. The number of aliphatic hydroxyl groups excluding tert-OH is 2. The van der Waals surface area contributed by atoms with Gasteiger partial charge in [-0.3, -0.25) is 9.59 Å². The van der Waals surface area contributed by atoms with E-state index in [0.717, 1.165) is 70.6 Å². The summed E-state index contributed by atoms with van der Waals surface area (Å²) in [5.41, 5.74) is 0. The molecule has 0 fully saturated rings. The number of rotatable bonds is 37. The van der Waals surface area contributed by atoms with E-state index in [1.54, 1.807) is 0 Å². The third kappa shape index (κ3) is 38.5. The number of allylic oxidation sites excluding steroid dienone is 8. The summed E-state index contributed by atoms with van der Waals surface area (Å²) in [6.45, 7) is 2.11. The predicted octanol–water partition coefficient (Wildman–Crippen LogP) is 11.6. The molecule has 0 aromatic heterocycles. The van der Waals surface area contributed by atoms with Crippen molar-refractivity contribution >= 4 is 11.9 Å². The topological polar surface area (TPSA) is 93.1 Å². The average Bonchev–Trinajstić information content (AvgIpc) is 3.10. The standard InChI is InChI=1S/C43H76O6/c1-2-3-4-5-6-7-8-9-10-12-16-19-22-25-28-31-34-37-43(47)49-41(39-45)40-48-42(46)36-33-30-27-24-21-18-15-13-11-14-17-20-23-26-29-32-35-38-44/h11,14-15,18,20,23-24,27,41,44-45H,2-10,12-13,16-17,19,21-22,25-26,28-40H2,1H3/b14-11-,18-15-,23-20-,27-24-/t41-/m0/s1. The molecule has 0 aliphatic heterocycles. The van der Waals surface area contributed by atoms with Crippen molar-refractivity contribution in [1.29, 1.82) is 0 Å². The highest BCUT2D eigenvalue weighted by atomic mass is 16.6. The highest BCUT2D eigenvalue weighted by Gasteiger charge is 2.16. The van der Waals surface area contributed by atoms with Gasteiger partial charge < -0.3 is 19.7 Å². The lowest BCUT2D eigenvalue weighted by atomic mass is 10.0. The molecular weight excluding hydrogens is 612 g/mol. The van der Waals surface area contributed by atoms with Gasteiger partial charge in [0.25, 0.3) is 0 Å². The van der Waals surface area contributed by atoms with Crippen molar-refractivity contribution in [3.05, 3.63) is 48.6 Å². The van der Waals surface area contributed by atoms with E-state index in [-0.39, 0.29) is 25.2 Å². The molecule has 0 radical (unpaired) electrons. The van der Waals surface area contributed by atoms with E-state index in [4.69, 9.17) is 14.6 Å². The van der Waals surface area contributed by atoms with Gasteiger partial charge in [-0.05, 0) is 57.8 Å². The lowest BCUT2D eigenvalue weighted by Crippen LogP contribution is -2.28. The molecular formula is C43H76O6. The van der Waals surface area contributed by atoms with Crippen LogP contribution in [0, 0.1) is 0 Å². The van der Waals surface area contributed by atoms with Crippen molar-refractivity contribution < 1.29 is 29.3 Å². The van der Waals surface area contributed by atoms with Crippen LogP contribution in [0.3, 0.4) is 0 Å². The van der Waals surface area contributed by atoms with Crippen LogP contribution in [0.25, 0.3) is 0 Å². The fraction of sp³-hybridized carbons (Fsp3) is 0.767. The third-order valence-corrected chi connectivity index (χ3v) is 8.68. The second kappa shape index (κ2) is 40.3. The molecule has 1 atom stereocenters. The van der Waals surface area contributed by atoms with Gasteiger partial charge in [-0.1, -0.05) is 165 Å². The first-order valence-electron chi connectivity index (χ1n) is 20.3. The molecule has 0 saturated heterocycles. The van der Waals surface area contributed by atoms with Gasteiger partial charge >= 0.3 is 11.9 Å². The van der Waals surface area contributed by atoms with Crippen molar-refractivity contribution in [2.24, 2.45) is 0 Å². The van der Waals surface area contributed by atoms with Gasteiger partial charge in [-0.2, -0.15) is 0 Å². The summed E-state index contributed by atoms with van der Waals surface area (Å²) in [5.74, 6) is -0.667. The number of aliphatic hydroxyl groups is 2. The minimum absolute atomic E-state index is 0.100. The minimum atomic E-state index is -0.798. The second-order valence-corrected chi connectivity index (χ2v) is 13.4. The fourth-order valence-corrected chi connectivity index (χ4v) is 5.58. The Kier molecular flexibility index (Phi) is 38.5. The molecule has 0 aromatic carbocycles. The summed E-state index contributed by atoms with van der Waals surface area (Å²) in [6, 6.07) is 0. The minimum Gasteiger partial charge on any atom is -0.462 e. The third-order valence-electron chi connectivity index (χ3n) is 8.68. The Morgan fingerprint density at radius 1 is 0.490 bits per heavy atom. The van der Waals surface area contributed by atoms with Crippen LogP contribution >= 0.6 is 0 Å². The Labute approximate surface area is 301 Å². The first-order valence-corrected chi connectivity index (χ1v) is 20.3. The zero-order valence-electron chi connectivity index (χ0n) is 31.6. The van der Waals surface area contributed by atoms with Crippen LogP contribution in [-0.4, -0.2) is 48.1 Å². The molecule has 0 saturated carbocycles. The van der Waals surface area contributed by atoms with E-state index in [2.05, 4.69) is 55.5 Å². The SMILES string of the molecule is CCCCCCCCCCCCCCCCCCCC(=O)O[C@@H](CO)COC(=O)CCC/C=C\C/C=C\C/C=C\C/C=C\CCCCCO. The van der Waals surface area contributed by atoms with Gasteiger partial charge in [0, 0.05) is 19.4 Å². The molecule has 2 N–H and O–H groups in total. The number of hydrogen-bond acceptors (Lipinski definition) is 6. The maximum absolute atomic E-state index is 12.2. The van der Waals surface area contributed by atoms with Crippen LogP contribution in [-0.2, 0) is 19.1 Å². The smallest absolute Gasteiger partial charge is 0.306 e. The number of carbonyl (C=O) groups is 2. The number of ether oxygens (including phenoxy) is 2. The summed E-state index contributed by atoms with van der Waals surface area (Å²) in [7, 11) is 0. The van der Waals surface area contributed by atoms with Crippen molar-refractivity contribution in [3.63, 3.8) is 0 Å². The molecule has 6 nitrogen and oxygen atoms in total. The molecule has 6 heteroatoms. The Morgan fingerprint density at radius 3 is 1.37 bits per heavy atom. The molecule has 0 unspecified atom stereocenters. The van der Waals surface area contributed by atoms with Crippen LogP contribution in [0.5, 0.6) is 0 Å². The molecule has 0 aliphatic carbocycles. The normalized spacial score (nSPS) is 12.6. The number of hydrogen-bond donors (Lipinski definition) is 2. The largest absolute Gasteiger partial charge is 0.462 e. The molecule has 0 amide bonds. The van der Waals surface area contributed by atoms with Crippen LogP contribution < -0.4 is 0 Å². The monoisotopic (exact) mass is 689 g/mol. The van der Waals surface area contributed by atoms with Gasteiger partial charge in [0.05, 0.1) is 6.61 Å². The van der Waals surface area contributed by atoms with E-state index in [0.29, 0.717) is 25.9 Å². The maximum atomic E-state index is 12.2. The molecule has 0 rings (SSSR count). The zero-order valence-corrected chi connectivity index (χ0v) is 31.6. The van der Waals surface area contributed by atoms with Crippen molar-refractivity contribution in [3.8, 4) is 0 Å². The Balaban J connectivity index is 3.63. The molecule has 0 spiro atoms. The molecule has 0 aliphatic rings. The lowest BCUT2D eigenvalue weighted by Gasteiger charge is -2.15. The van der Waals surface area contributed by atoms with E-state index in [9.17, 15) is 14.7 Å². The first-order chi connectivity index (χ1) is 24.1. The van der Waals surface area contributed by atoms with Gasteiger partial charge in [-0.15, -0.1) is 0 Å². The first kappa shape index (κ1) is 46.8. The Bertz CT molecular complexity index is 830. The van der Waals surface area contributed by atoms with E-state index in [1.165, 1.54) is 89.9 Å². The maximum Gasteiger partial charge on any atom is 0.306 e. The van der Waals surface area contributed by atoms with Crippen LogP contribution in [0.1, 0.15) is 187 Å². The quantitative estimate of drug-likeness (QED) is 0.0383. The van der Waals surface area contributed by atoms with E-state index < -0.39 is 6.10 Å². The van der Waals surface area contributed by atoms with Crippen molar-refractivity contribution in [2.75, 3.05) is 19.8 Å². The van der Waals surface area contributed by atoms with Crippen LogP contribution in [0.4, 0.5) is 0 Å². The molecule has 49 heavy (non-hydrogen) atoms. The predicted molar refractivity (Wildman–Crippen MR) is 207 cm³/mol. The van der Waals surface area contributed by atoms with E-state index >= 15 is 0 Å². The van der Waals surface area contributed by atoms with Crippen LogP contribution in [0.15, 0.2) is 48.6 Å². The van der Waals surface area contributed by atoms with Crippen molar-refractivity contribution in [1.82, 2.24) is 0 Å². The number of unbranched alkanes of at least 4 members (excludes halogenated alkanes) is 20. The van der Waals surface area contributed by atoms with E-state index in [1.807, 2.05) is 0 Å². The van der Waals surface area contributed by atoms with Gasteiger partial charge in [-0.25, -0.2) is 0 Å². The second-order valence-electron chi connectivity index (χ2n) is 13.4. The number of esters is 2. The van der Waals surface area contributed by atoms with Crippen LogP contribution in [0.2, 0.25) is 0 Å². The highest BCUT2D eigenvalue weighted by molar-refractivity contribution is 5.70. The van der Waals surface area contributed by atoms with Gasteiger partial charge in [0.15, 0.2) is 6.10 Å². The summed E-state index contributed by atoms with van der Waals surface area (Å²) in [5, 5.41) is 18.3. The molecule has 0 heterocycles. The van der Waals surface area contributed by atoms with Gasteiger partial charge in [0.1, 0.15) is 6.61 Å². The summed E-state index contributed by atoms with van der Waals surface area (Å²) >= 11 is 0. The molecule has 0 aromatic rings. The zero-order chi connectivity index (χ0) is 35.7. The summed E-state index contributed by atoms with van der Waals surface area (Å²) < 4.78 is 10.6. The van der Waals surface area contributed by atoms with Crippen molar-refractivity contribution in [2.45, 2.75) is 193 Å².